The van der Waals surface area contributed by atoms with Crippen LogP contribution >= 0.6 is 0 Å². The number of hydrogen-bond acceptors (Lipinski definition) is 3. The highest BCUT2D eigenvalue weighted by molar-refractivity contribution is 5.86. The average molecular weight is 281 g/mol. The molecule has 0 aliphatic carbocycles. The molecule has 1 aromatic carbocycles. The summed E-state index contributed by atoms with van der Waals surface area (Å²) >= 11 is 0. The molecule has 2 aromatic rings. The largest absolute Gasteiger partial charge is 0.365 e. The van der Waals surface area contributed by atoms with Gasteiger partial charge in [-0.05, 0) is 37.8 Å². The predicted octanol–water partition coefficient (Wildman–Crippen LogP) is 4.73. The van der Waals surface area contributed by atoms with Gasteiger partial charge in [-0.25, -0.2) is 4.98 Å². The number of fused-ring (bicyclic) bond motifs is 1. The minimum Gasteiger partial charge on any atom is -0.365 e. The van der Waals surface area contributed by atoms with Crippen molar-refractivity contribution in [3.8, 4) is 6.07 Å². The number of nitrogens with zero attached hydrogens (tertiary/aromatic N) is 2. The van der Waals surface area contributed by atoms with Crippen molar-refractivity contribution >= 4 is 16.7 Å². The summed E-state index contributed by atoms with van der Waals surface area (Å²) in [6.07, 6.45) is 1.01. The Kier molecular flexibility index (Phi) is 3.91. The summed E-state index contributed by atoms with van der Waals surface area (Å²) in [5, 5.41) is 13.7. The maximum atomic E-state index is 9.34. The number of rotatable bonds is 3. The zero-order valence-corrected chi connectivity index (χ0v) is 13.5. The van der Waals surface area contributed by atoms with E-state index in [2.05, 4.69) is 51.0 Å². The van der Waals surface area contributed by atoms with Gasteiger partial charge in [-0.3, -0.25) is 0 Å². The van der Waals surface area contributed by atoms with Crippen LogP contribution in [0.4, 0.5) is 5.82 Å². The highest BCUT2D eigenvalue weighted by Gasteiger charge is 2.25. The Labute approximate surface area is 127 Å². The molecule has 0 amide bonds. The van der Waals surface area contributed by atoms with Crippen LogP contribution in [0.1, 0.15) is 46.6 Å². The standard InChI is InChI=1S/C18H23N3/c1-17(2,3)12-18(4,5)21-16-10-13(11-19)14-8-6-7-9-15(14)20-16/h6-10H,12H2,1-5H3,(H,20,21). The number of para-hydroxylation sites is 1. The zero-order valence-electron chi connectivity index (χ0n) is 13.5. The molecule has 0 atom stereocenters. The summed E-state index contributed by atoms with van der Waals surface area (Å²) in [5.41, 5.74) is 1.66. The molecule has 3 heteroatoms. The molecular weight excluding hydrogens is 258 g/mol. The molecule has 0 saturated heterocycles. The Hall–Kier alpha value is -2.08. The van der Waals surface area contributed by atoms with Gasteiger partial charge in [0.2, 0.25) is 0 Å². The molecule has 110 valence electrons. The van der Waals surface area contributed by atoms with Gasteiger partial charge in [-0.1, -0.05) is 39.0 Å². The predicted molar refractivity (Wildman–Crippen MR) is 88.2 cm³/mol. The highest BCUT2D eigenvalue weighted by atomic mass is 15.0. The lowest BCUT2D eigenvalue weighted by Crippen LogP contribution is -2.35. The average Bonchev–Trinajstić information content (AvgIpc) is 2.34. The Morgan fingerprint density at radius 1 is 1.14 bits per heavy atom. The number of nitriles is 1. The lowest BCUT2D eigenvalue weighted by atomic mass is 9.82. The summed E-state index contributed by atoms with van der Waals surface area (Å²) in [4.78, 5) is 4.64. The maximum Gasteiger partial charge on any atom is 0.128 e. The molecule has 0 aliphatic rings. The minimum absolute atomic E-state index is 0.0829. The second-order valence-corrected chi connectivity index (χ2v) is 7.43. The van der Waals surface area contributed by atoms with E-state index in [0.29, 0.717) is 5.56 Å². The first-order valence-corrected chi connectivity index (χ1v) is 7.28. The third-order valence-electron chi connectivity index (χ3n) is 3.28. The van der Waals surface area contributed by atoms with E-state index in [4.69, 9.17) is 0 Å². The van der Waals surface area contributed by atoms with E-state index in [1.165, 1.54) is 0 Å². The van der Waals surface area contributed by atoms with Crippen molar-refractivity contribution in [2.45, 2.75) is 46.6 Å². The fraction of sp³-hybridized carbons (Fsp3) is 0.444. The molecule has 3 nitrogen and oxygen atoms in total. The van der Waals surface area contributed by atoms with Crippen molar-refractivity contribution in [2.24, 2.45) is 5.41 Å². The van der Waals surface area contributed by atoms with Gasteiger partial charge in [0, 0.05) is 10.9 Å². The van der Waals surface area contributed by atoms with Crippen LogP contribution in [0.25, 0.3) is 10.9 Å². The maximum absolute atomic E-state index is 9.34. The number of anilines is 1. The molecule has 0 bridgehead atoms. The molecule has 2 rings (SSSR count). The van der Waals surface area contributed by atoms with Crippen LogP contribution in [-0.2, 0) is 0 Å². The zero-order chi connectivity index (χ0) is 15.7. The van der Waals surface area contributed by atoms with Crippen molar-refractivity contribution in [1.82, 2.24) is 4.98 Å². The minimum atomic E-state index is -0.0829. The van der Waals surface area contributed by atoms with Crippen LogP contribution in [0.15, 0.2) is 30.3 Å². The molecule has 0 saturated carbocycles. The summed E-state index contributed by atoms with van der Waals surface area (Å²) < 4.78 is 0. The van der Waals surface area contributed by atoms with Crippen molar-refractivity contribution in [1.29, 1.82) is 5.26 Å². The van der Waals surface area contributed by atoms with Crippen molar-refractivity contribution in [3.05, 3.63) is 35.9 Å². The highest BCUT2D eigenvalue weighted by Crippen LogP contribution is 2.30. The van der Waals surface area contributed by atoms with Gasteiger partial charge in [0.05, 0.1) is 17.1 Å². The summed E-state index contributed by atoms with van der Waals surface area (Å²) in [6.45, 7) is 11.0. The molecule has 1 aromatic heterocycles. The molecule has 0 fully saturated rings. The Morgan fingerprint density at radius 2 is 1.81 bits per heavy atom. The van der Waals surface area contributed by atoms with E-state index < -0.39 is 0 Å². The van der Waals surface area contributed by atoms with Crippen LogP contribution in [-0.4, -0.2) is 10.5 Å². The molecule has 1 heterocycles. The number of pyridine rings is 1. The number of benzene rings is 1. The first-order valence-electron chi connectivity index (χ1n) is 7.28. The molecule has 1 N–H and O–H groups in total. The second kappa shape index (κ2) is 5.37. The van der Waals surface area contributed by atoms with E-state index in [1.54, 1.807) is 0 Å². The number of nitrogens with one attached hydrogen (secondary N) is 1. The number of aromatic nitrogens is 1. The van der Waals surface area contributed by atoms with E-state index in [-0.39, 0.29) is 11.0 Å². The lowest BCUT2D eigenvalue weighted by molar-refractivity contribution is 0.302. The van der Waals surface area contributed by atoms with Crippen LogP contribution in [0.2, 0.25) is 0 Å². The van der Waals surface area contributed by atoms with Gasteiger partial charge in [0.1, 0.15) is 5.82 Å². The van der Waals surface area contributed by atoms with E-state index in [9.17, 15) is 5.26 Å². The van der Waals surface area contributed by atoms with Crippen LogP contribution < -0.4 is 5.32 Å². The SMILES string of the molecule is CC(C)(C)CC(C)(C)Nc1cc(C#N)c2ccccc2n1. The van der Waals surface area contributed by atoms with Gasteiger partial charge < -0.3 is 5.32 Å². The van der Waals surface area contributed by atoms with Gasteiger partial charge in [-0.2, -0.15) is 5.26 Å². The molecular formula is C18H23N3. The van der Waals surface area contributed by atoms with Crippen molar-refractivity contribution < 1.29 is 0 Å². The molecule has 21 heavy (non-hydrogen) atoms. The molecule has 0 unspecified atom stereocenters. The topological polar surface area (TPSA) is 48.7 Å². The normalized spacial score (nSPS) is 12.2. The Bertz CT molecular complexity index is 688. The van der Waals surface area contributed by atoms with Gasteiger partial charge in [0.25, 0.3) is 0 Å². The summed E-state index contributed by atoms with van der Waals surface area (Å²) in [7, 11) is 0. The monoisotopic (exact) mass is 281 g/mol. The summed E-state index contributed by atoms with van der Waals surface area (Å²) in [6, 6.07) is 11.9. The van der Waals surface area contributed by atoms with Gasteiger partial charge >= 0.3 is 0 Å². The van der Waals surface area contributed by atoms with E-state index >= 15 is 0 Å². The first-order chi connectivity index (χ1) is 9.70. The fourth-order valence-corrected chi connectivity index (χ4v) is 3.05. The third-order valence-corrected chi connectivity index (χ3v) is 3.28. The van der Waals surface area contributed by atoms with Gasteiger partial charge in [-0.15, -0.1) is 0 Å². The first kappa shape index (κ1) is 15.3. The quantitative estimate of drug-likeness (QED) is 0.884. The van der Waals surface area contributed by atoms with Crippen LogP contribution in [0.5, 0.6) is 0 Å². The third kappa shape index (κ3) is 3.95. The molecule has 0 radical (unpaired) electrons. The van der Waals surface area contributed by atoms with Crippen LogP contribution in [0.3, 0.4) is 0 Å². The smallest absolute Gasteiger partial charge is 0.128 e. The van der Waals surface area contributed by atoms with E-state index in [1.807, 2.05) is 30.3 Å². The fourth-order valence-electron chi connectivity index (χ4n) is 3.05. The second-order valence-electron chi connectivity index (χ2n) is 7.43. The number of hydrogen-bond donors (Lipinski definition) is 1. The van der Waals surface area contributed by atoms with Crippen molar-refractivity contribution in [2.75, 3.05) is 5.32 Å². The van der Waals surface area contributed by atoms with Gasteiger partial charge in [0.15, 0.2) is 0 Å². The molecule has 0 spiro atoms. The van der Waals surface area contributed by atoms with E-state index in [0.717, 1.165) is 23.1 Å². The lowest BCUT2D eigenvalue weighted by Gasteiger charge is -2.33. The molecule has 0 aliphatic heterocycles. The summed E-state index contributed by atoms with van der Waals surface area (Å²) in [5.74, 6) is 0.763. The van der Waals surface area contributed by atoms with Crippen LogP contribution in [0, 0.1) is 16.7 Å². The Morgan fingerprint density at radius 3 is 2.43 bits per heavy atom. The van der Waals surface area contributed by atoms with Crippen molar-refractivity contribution in [3.63, 3.8) is 0 Å². The Balaban J connectivity index is 2.37.